The highest BCUT2D eigenvalue weighted by Crippen LogP contribution is 2.13. The minimum atomic E-state index is -2.84. The van der Waals surface area contributed by atoms with Crippen LogP contribution in [0.2, 0.25) is 0 Å². The fourth-order valence-electron chi connectivity index (χ4n) is 1.95. The molecular weight excluding hydrogens is 258 g/mol. The van der Waals surface area contributed by atoms with Crippen LogP contribution in [0.5, 0.6) is 0 Å². The average molecular weight is 283 g/mol. The van der Waals surface area contributed by atoms with Crippen molar-refractivity contribution in [3.05, 3.63) is 35.9 Å². The van der Waals surface area contributed by atoms with Gasteiger partial charge in [-0.2, -0.15) is 0 Å². The van der Waals surface area contributed by atoms with Crippen LogP contribution in [0.15, 0.2) is 30.3 Å². The lowest BCUT2D eigenvalue weighted by Crippen LogP contribution is -2.40. The summed E-state index contributed by atoms with van der Waals surface area (Å²) in [7, 11) is -2.84. The summed E-state index contributed by atoms with van der Waals surface area (Å²) in [6.45, 7) is 5.07. The first kappa shape index (κ1) is 16.2. The Labute approximate surface area is 117 Å². The Morgan fingerprint density at radius 1 is 1.16 bits per heavy atom. The molecule has 0 aliphatic carbocycles. The second-order valence-corrected chi connectivity index (χ2v) is 8.04. The standard InChI is InChI=1S/C15H25NO2S/c1-15(2,16-12-7-13-19(3,17)18)11-10-14-8-5-4-6-9-14/h4-6,8-9,16H,7,10-13H2,1-3H3. The van der Waals surface area contributed by atoms with Crippen LogP contribution in [0, 0.1) is 0 Å². The van der Waals surface area contributed by atoms with E-state index in [1.54, 1.807) is 0 Å². The molecule has 0 bridgehead atoms. The smallest absolute Gasteiger partial charge is 0.147 e. The van der Waals surface area contributed by atoms with Gasteiger partial charge in [-0.25, -0.2) is 8.42 Å². The van der Waals surface area contributed by atoms with Gasteiger partial charge < -0.3 is 5.32 Å². The quantitative estimate of drug-likeness (QED) is 0.745. The fraction of sp³-hybridized carbons (Fsp3) is 0.600. The van der Waals surface area contributed by atoms with Crippen LogP contribution >= 0.6 is 0 Å². The second-order valence-electron chi connectivity index (χ2n) is 5.78. The van der Waals surface area contributed by atoms with Crippen molar-refractivity contribution in [3.8, 4) is 0 Å². The molecule has 19 heavy (non-hydrogen) atoms. The summed E-state index contributed by atoms with van der Waals surface area (Å²) in [6.07, 6.45) is 4.03. The van der Waals surface area contributed by atoms with E-state index in [1.807, 2.05) is 6.07 Å². The van der Waals surface area contributed by atoms with Gasteiger partial charge in [-0.15, -0.1) is 0 Å². The maximum atomic E-state index is 11.0. The van der Waals surface area contributed by atoms with Crippen LogP contribution in [0.25, 0.3) is 0 Å². The highest BCUT2D eigenvalue weighted by molar-refractivity contribution is 7.90. The van der Waals surface area contributed by atoms with E-state index in [0.717, 1.165) is 19.4 Å². The largest absolute Gasteiger partial charge is 0.312 e. The number of benzene rings is 1. The van der Waals surface area contributed by atoms with E-state index in [-0.39, 0.29) is 11.3 Å². The van der Waals surface area contributed by atoms with E-state index in [9.17, 15) is 8.42 Å². The van der Waals surface area contributed by atoms with Crippen LogP contribution in [0.4, 0.5) is 0 Å². The van der Waals surface area contributed by atoms with Gasteiger partial charge in [0.1, 0.15) is 9.84 Å². The highest BCUT2D eigenvalue weighted by atomic mass is 32.2. The van der Waals surface area contributed by atoms with Gasteiger partial charge >= 0.3 is 0 Å². The summed E-state index contributed by atoms with van der Waals surface area (Å²) < 4.78 is 22.1. The van der Waals surface area contributed by atoms with E-state index in [4.69, 9.17) is 0 Å². The molecular formula is C15H25NO2S. The van der Waals surface area contributed by atoms with Crippen molar-refractivity contribution in [1.29, 1.82) is 0 Å². The molecule has 1 N–H and O–H groups in total. The predicted molar refractivity (Wildman–Crippen MR) is 81.2 cm³/mol. The summed E-state index contributed by atoms with van der Waals surface area (Å²) in [5.41, 5.74) is 1.38. The van der Waals surface area contributed by atoms with Gasteiger partial charge in [0.2, 0.25) is 0 Å². The summed E-state index contributed by atoms with van der Waals surface area (Å²) in [6, 6.07) is 10.4. The number of aryl methyl sites for hydroxylation is 1. The van der Waals surface area contributed by atoms with E-state index >= 15 is 0 Å². The molecule has 0 unspecified atom stereocenters. The van der Waals surface area contributed by atoms with Gasteiger partial charge in [0.15, 0.2) is 0 Å². The van der Waals surface area contributed by atoms with Gasteiger partial charge in [-0.3, -0.25) is 0 Å². The summed E-state index contributed by atoms with van der Waals surface area (Å²) in [5, 5.41) is 3.44. The van der Waals surface area contributed by atoms with Crippen LogP contribution < -0.4 is 5.32 Å². The van der Waals surface area contributed by atoms with Gasteiger partial charge in [-0.1, -0.05) is 30.3 Å². The third-order valence-corrected chi connectivity index (χ3v) is 4.21. The summed E-state index contributed by atoms with van der Waals surface area (Å²) in [5.74, 6) is 0.259. The number of rotatable bonds is 8. The third kappa shape index (κ3) is 8.01. The molecule has 1 aromatic carbocycles. The lowest BCUT2D eigenvalue weighted by atomic mass is 9.95. The highest BCUT2D eigenvalue weighted by Gasteiger charge is 2.16. The summed E-state index contributed by atoms with van der Waals surface area (Å²) in [4.78, 5) is 0. The average Bonchev–Trinajstić information content (AvgIpc) is 2.33. The van der Waals surface area contributed by atoms with Gasteiger partial charge in [0.05, 0.1) is 5.75 Å². The monoisotopic (exact) mass is 283 g/mol. The maximum absolute atomic E-state index is 11.0. The molecule has 4 heteroatoms. The van der Waals surface area contributed by atoms with Crippen molar-refractivity contribution in [3.63, 3.8) is 0 Å². The van der Waals surface area contributed by atoms with E-state index in [0.29, 0.717) is 6.42 Å². The van der Waals surface area contributed by atoms with Crippen molar-refractivity contribution in [2.75, 3.05) is 18.6 Å². The molecule has 0 aliphatic heterocycles. The number of hydrogen-bond donors (Lipinski definition) is 1. The third-order valence-electron chi connectivity index (χ3n) is 3.18. The van der Waals surface area contributed by atoms with Gasteiger partial charge in [0, 0.05) is 11.8 Å². The van der Waals surface area contributed by atoms with Crippen molar-refractivity contribution in [2.45, 2.75) is 38.6 Å². The van der Waals surface area contributed by atoms with Gasteiger partial charge in [-0.05, 0) is 45.2 Å². The van der Waals surface area contributed by atoms with Crippen LogP contribution in [0.3, 0.4) is 0 Å². The molecule has 0 amide bonds. The molecule has 0 fully saturated rings. The number of hydrogen-bond acceptors (Lipinski definition) is 3. The maximum Gasteiger partial charge on any atom is 0.147 e. The first-order chi connectivity index (χ1) is 8.79. The summed E-state index contributed by atoms with van der Waals surface area (Å²) >= 11 is 0. The molecule has 1 rings (SSSR count). The zero-order valence-electron chi connectivity index (χ0n) is 12.1. The van der Waals surface area contributed by atoms with E-state index < -0.39 is 9.84 Å². The fourth-order valence-corrected chi connectivity index (χ4v) is 2.62. The first-order valence-corrected chi connectivity index (χ1v) is 8.81. The zero-order chi connectivity index (χ0) is 14.4. The van der Waals surface area contributed by atoms with Crippen LogP contribution in [0.1, 0.15) is 32.3 Å². The van der Waals surface area contributed by atoms with Crippen LogP contribution in [-0.4, -0.2) is 32.5 Å². The Hall–Kier alpha value is -0.870. The molecule has 0 spiro atoms. The molecule has 0 atom stereocenters. The van der Waals surface area contributed by atoms with Crippen LogP contribution in [-0.2, 0) is 16.3 Å². The minimum absolute atomic E-state index is 0.0351. The topological polar surface area (TPSA) is 46.2 Å². The SMILES string of the molecule is CC(C)(CCc1ccccc1)NCCCS(C)(=O)=O. The Morgan fingerprint density at radius 2 is 1.79 bits per heavy atom. The Kier molecular flexibility index (Phi) is 6.01. The molecule has 0 saturated heterocycles. The van der Waals surface area contributed by atoms with E-state index in [1.165, 1.54) is 11.8 Å². The predicted octanol–water partition coefficient (Wildman–Crippen LogP) is 2.42. The Balaban J connectivity index is 2.28. The molecule has 3 nitrogen and oxygen atoms in total. The second kappa shape index (κ2) is 7.06. The van der Waals surface area contributed by atoms with Crippen molar-refractivity contribution in [2.24, 2.45) is 0 Å². The van der Waals surface area contributed by atoms with Crippen molar-refractivity contribution < 1.29 is 8.42 Å². The molecule has 108 valence electrons. The number of sulfone groups is 1. The lowest BCUT2D eigenvalue weighted by molar-refractivity contribution is 0.363. The molecule has 1 aromatic rings. The Morgan fingerprint density at radius 3 is 2.37 bits per heavy atom. The minimum Gasteiger partial charge on any atom is -0.312 e. The van der Waals surface area contributed by atoms with Gasteiger partial charge in [0.25, 0.3) is 0 Å². The first-order valence-electron chi connectivity index (χ1n) is 6.75. The van der Waals surface area contributed by atoms with Crippen molar-refractivity contribution in [1.82, 2.24) is 5.32 Å². The molecule has 0 heterocycles. The lowest BCUT2D eigenvalue weighted by Gasteiger charge is -2.26. The molecule has 0 radical (unpaired) electrons. The number of nitrogens with one attached hydrogen (secondary N) is 1. The molecule has 0 aliphatic rings. The Bertz CT molecular complexity index is 466. The van der Waals surface area contributed by atoms with Crippen molar-refractivity contribution >= 4 is 9.84 Å². The van der Waals surface area contributed by atoms with E-state index in [2.05, 4.69) is 43.4 Å². The normalized spacial score (nSPS) is 12.6. The molecule has 0 saturated carbocycles. The zero-order valence-corrected chi connectivity index (χ0v) is 13.0. The molecule has 0 aromatic heterocycles.